The third-order valence-corrected chi connectivity index (χ3v) is 2.77. The van der Waals surface area contributed by atoms with Crippen LogP contribution < -0.4 is 5.73 Å². The topological polar surface area (TPSA) is 26.0 Å². The molecule has 0 aliphatic rings. The maximum Gasteiger partial charge on any atom is 0.0771 e. The molecule has 0 atom stereocenters. The van der Waals surface area contributed by atoms with Crippen molar-refractivity contribution in [2.75, 3.05) is 11.5 Å². The summed E-state index contributed by atoms with van der Waals surface area (Å²) in [6.07, 6.45) is 0. The van der Waals surface area contributed by atoms with Gasteiger partial charge in [-0.2, -0.15) is 0 Å². The molecule has 0 fully saturated rings. The van der Waals surface area contributed by atoms with E-state index in [4.69, 9.17) is 17.3 Å². The summed E-state index contributed by atoms with van der Waals surface area (Å²) in [7, 11) is 0. The standard InChI is InChI=1S/C8H10ClNS/c1-2-11-7-5-3-4-6(10)8(7)9/h3-5H,2,10H2,1H3. The maximum atomic E-state index is 5.93. The second-order valence-corrected chi connectivity index (χ2v) is 3.78. The highest BCUT2D eigenvalue weighted by molar-refractivity contribution is 7.99. The summed E-state index contributed by atoms with van der Waals surface area (Å²) in [5, 5.41) is 0.680. The minimum atomic E-state index is 0.658. The van der Waals surface area contributed by atoms with Crippen LogP contribution in [0.3, 0.4) is 0 Å². The third-order valence-electron chi connectivity index (χ3n) is 1.29. The predicted octanol–water partition coefficient (Wildman–Crippen LogP) is 3.03. The number of nitrogens with two attached hydrogens (primary N) is 1. The molecule has 0 amide bonds. The van der Waals surface area contributed by atoms with E-state index in [1.807, 2.05) is 18.2 Å². The first-order chi connectivity index (χ1) is 5.25. The van der Waals surface area contributed by atoms with E-state index < -0.39 is 0 Å². The van der Waals surface area contributed by atoms with E-state index >= 15 is 0 Å². The predicted molar refractivity (Wildman–Crippen MR) is 52.3 cm³/mol. The lowest BCUT2D eigenvalue weighted by Crippen LogP contribution is -1.86. The number of hydrogen-bond donors (Lipinski definition) is 1. The summed E-state index contributed by atoms with van der Waals surface area (Å²) >= 11 is 7.63. The normalized spacial score (nSPS) is 10.0. The van der Waals surface area contributed by atoms with Crippen molar-refractivity contribution < 1.29 is 0 Å². The monoisotopic (exact) mass is 187 g/mol. The summed E-state index contributed by atoms with van der Waals surface area (Å²) in [5.74, 6) is 1.02. The minimum Gasteiger partial charge on any atom is -0.397 e. The highest BCUT2D eigenvalue weighted by atomic mass is 35.5. The molecule has 60 valence electrons. The number of hydrogen-bond acceptors (Lipinski definition) is 2. The zero-order valence-corrected chi connectivity index (χ0v) is 7.88. The third kappa shape index (κ3) is 2.04. The van der Waals surface area contributed by atoms with Gasteiger partial charge in [0.05, 0.1) is 10.7 Å². The minimum absolute atomic E-state index is 0.658. The van der Waals surface area contributed by atoms with Crippen molar-refractivity contribution >= 4 is 29.1 Å². The molecule has 0 radical (unpaired) electrons. The fourth-order valence-corrected chi connectivity index (χ4v) is 1.81. The lowest BCUT2D eigenvalue weighted by Gasteiger charge is -2.03. The Morgan fingerprint density at radius 1 is 1.55 bits per heavy atom. The molecular weight excluding hydrogens is 178 g/mol. The highest BCUT2D eigenvalue weighted by Crippen LogP contribution is 2.30. The van der Waals surface area contributed by atoms with Gasteiger partial charge in [0.15, 0.2) is 0 Å². The Morgan fingerprint density at radius 3 is 2.91 bits per heavy atom. The number of thioether (sulfide) groups is 1. The van der Waals surface area contributed by atoms with Crippen LogP contribution >= 0.6 is 23.4 Å². The van der Waals surface area contributed by atoms with E-state index in [1.54, 1.807) is 11.8 Å². The molecule has 1 aromatic rings. The van der Waals surface area contributed by atoms with Crippen molar-refractivity contribution in [1.82, 2.24) is 0 Å². The van der Waals surface area contributed by atoms with Gasteiger partial charge in [0, 0.05) is 4.90 Å². The van der Waals surface area contributed by atoms with Gasteiger partial charge < -0.3 is 5.73 Å². The Kier molecular flexibility index (Phi) is 3.09. The Balaban J connectivity index is 2.96. The zero-order valence-electron chi connectivity index (χ0n) is 6.30. The first-order valence-electron chi connectivity index (χ1n) is 3.42. The van der Waals surface area contributed by atoms with Crippen molar-refractivity contribution in [3.63, 3.8) is 0 Å². The number of halogens is 1. The molecule has 0 aromatic heterocycles. The Morgan fingerprint density at radius 2 is 2.27 bits per heavy atom. The van der Waals surface area contributed by atoms with Gasteiger partial charge in [-0.05, 0) is 17.9 Å². The van der Waals surface area contributed by atoms with Crippen LogP contribution in [0, 0.1) is 0 Å². The van der Waals surface area contributed by atoms with Crippen molar-refractivity contribution in [3.05, 3.63) is 23.2 Å². The fourth-order valence-electron chi connectivity index (χ4n) is 0.795. The molecule has 2 N–H and O–H groups in total. The van der Waals surface area contributed by atoms with Crippen LogP contribution in [0.5, 0.6) is 0 Å². The SMILES string of the molecule is CCSc1cccc(N)c1Cl. The fraction of sp³-hybridized carbons (Fsp3) is 0.250. The largest absolute Gasteiger partial charge is 0.397 e. The van der Waals surface area contributed by atoms with Gasteiger partial charge in [0.2, 0.25) is 0 Å². The van der Waals surface area contributed by atoms with Gasteiger partial charge in [0.25, 0.3) is 0 Å². The summed E-state index contributed by atoms with van der Waals surface area (Å²) < 4.78 is 0. The molecule has 0 unspecified atom stereocenters. The number of benzene rings is 1. The molecule has 1 nitrogen and oxygen atoms in total. The summed E-state index contributed by atoms with van der Waals surface area (Å²) in [6.45, 7) is 2.09. The van der Waals surface area contributed by atoms with Gasteiger partial charge in [-0.15, -0.1) is 11.8 Å². The number of anilines is 1. The molecule has 0 aliphatic carbocycles. The second-order valence-electron chi connectivity index (χ2n) is 2.09. The van der Waals surface area contributed by atoms with Crippen LogP contribution in [0.2, 0.25) is 5.02 Å². The lowest BCUT2D eigenvalue weighted by molar-refractivity contribution is 1.43. The molecular formula is C8H10ClNS. The molecule has 0 spiro atoms. The molecule has 3 heteroatoms. The van der Waals surface area contributed by atoms with E-state index in [1.165, 1.54) is 0 Å². The van der Waals surface area contributed by atoms with Gasteiger partial charge in [-0.1, -0.05) is 24.6 Å². The Labute approximate surface area is 75.9 Å². The van der Waals surface area contributed by atoms with Crippen LogP contribution in [-0.2, 0) is 0 Å². The quantitative estimate of drug-likeness (QED) is 0.569. The van der Waals surface area contributed by atoms with Gasteiger partial charge in [-0.25, -0.2) is 0 Å². The van der Waals surface area contributed by atoms with Crippen LogP contribution in [0.25, 0.3) is 0 Å². The average Bonchev–Trinajstić information content (AvgIpc) is 1.99. The van der Waals surface area contributed by atoms with Crippen molar-refractivity contribution in [3.8, 4) is 0 Å². The van der Waals surface area contributed by atoms with Crippen LogP contribution in [0.15, 0.2) is 23.1 Å². The first-order valence-corrected chi connectivity index (χ1v) is 4.79. The van der Waals surface area contributed by atoms with Crippen LogP contribution in [0.1, 0.15) is 6.92 Å². The van der Waals surface area contributed by atoms with E-state index in [-0.39, 0.29) is 0 Å². The molecule has 1 rings (SSSR count). The molecule has 0 saturated carbocycles. The Hall–Kier alpha value is -0.340. The van der Waals surface area contributed by atoms with E-state index in [0.29, 0.717) is 10.7 Å². The molecule has 0 bridgehead atoms. The zero-order chi connectivity index (χ0) is 8.27. The smallest absolute Gasteiger partial charge is 0.0771 e. The molecule has 0 aliphatic heterocycles. The Bertz CT molecular complexity index is 250. The highest BCUT2D eigenvalue weighted by Gasteiger charge is 2.01. The van der Waals surface area contributed by atoms with Crippen molar-refractivity contribution in [1.29, 1.82) is 0 Å². The molecule has 11 heavy (non-hydrogen) atoms. The molecule has 0 heterocycles. The molecule has 1 aromatic carbocycles. The average molecular weight is 188 g/mol. The van der Waals surface area contributed by atoms with Gasteiger partial charge in [0.1, 0.15) is 0 Å². The first kappa shape index (κ1) is 8.75. The summed E-state index contributed by atoms with van der Waals surface area (Å²) in [4.78, 5) is 1.06. The summed E-state index contributed by atoms with van der Waals surface area (Å²) in [6, 6.07) is 5.70. The van der Waals surface area contributed by atoms with Crippen molar-refractivity contribution in [2.45, 2.75) is 11.8 Å². The number of nitrogen functional groups attached to an aromatic ring is 1. The lowest BCUT2D eigenvalue weighted by atomic mass is 10.3. The van der Waals surface area contributed by atoms with Gasteiger partial charge in [-0.3, -0.25) is 0 Å². The van der Waals surface area contributed by atoms with E-state index in [2.05, 4.69) is 6.92 Å². The van der Waals surface area contributed by atoms with Crippen molar-refractivity contribution in [2.24, 2.45) is 0 Å². The number of rotatable bonds is 2. The summed E-state index contributed by atoms with van der Waals surface area (Å²) in [5.41, 5.74) is 6.26. The van der Waals surface area contributed by atoms with E-state index in [9.17, 15) is 0 Å². The van der Waals surface area contributed by atoms with Crippen LogP contribution in [0.4, 0.5) is 5.69 Å². The van der Waals surface area contributed by atoms with Gasteiger partial charge >= 0.3 is 0 Å². The van der Waals surface area contributed by atoms with Crippen LogP contribution in [-0.4, -0.2) is 5.75 Å². The maximum absolute atomic E-state index is 5.93. The molecule has 0 saturated heterocycles. The second kappa shape index (κ2) is 3.88. The van der Waals surface area contributed by atoms with E-state index in [0.717, 1.165) is 10.6 Å².